The van der Waals surface area contributed by atoms with Gasteiger partial charge in [0.25, 0.3) is 5.56 Å². The van der Waals surface area contributed by atoms with Crippen molar-refractivity contribution < 1.29 is 18.9 Å². The summed E-state index contributed by atoms with van der Waals surface area (Å²) in [6.07, 6.45) is 0.402. The number of benzene rings is 1. The number of H-pyrrole nitrogens is 1. The topological polar surface area (TPSA) is 93.6 Å². The number of ether oxygens (including phenoxy) is 4. The van der Waals surface area contributed by atoms with Gasteiger partial charge in [-0.1, -0.05) is 20.8 Å². The molecule has 7 heteroatoms. The molecule has 0 bridgehead atoms. The van der Waals surface area contributed by atoms with Gasteiger partial charge in [-0.3, -0.25) is 4.79 Å². The second-order valence-electron chi connectivity index (χ2n) is 8.01. The fraction of sp³-hybridized carbons (Fsp3) is 0.455. The first-order valence-corrected chi connectivity index (χ1v) is 9.48. The number of nitrogens with zero attached hydrogens (tertiary/aromatic N) is 1. The van der Waals surface area contributed by atoms with E-state index in [1.165, 1.54) is 0 Å². The second-order valence-corrected chi connectivity index (χ2v) is 8.01. The number of aromatic nitrogens is 1. The van der Waals surface area contributed by atoms with Crippen molar-refractivity contribution in [3.05, 3.63) is 39.7 Å². The zero-order valence-corrected chi connectivity index (χ0v) is 17.4. The molecule has 0 saturated heterocycles. The van der Waals surface area contributed by atoms with Crippen molar-refractivity contribution in [3.8, 4) is 34.6 Å². The Hall–Kier alpha value is -2.98. The zero-order chi connectivity index (χ0) is 21.2. The molecule has 2 aromatic rings. The Morgan fingerprint density at radius 3 is 2.55 bits per heavy atom. The number of hydrogen-bond donors (Lipinski definition) is 1. The average Bonchev–Trinajstić information content (AvgIpc) is 2.68. The van der Waals surface area contributed by atoms with E-state index in [0.29, 0.717) is 41.7 Å². The number of aromatic amines is 1. The predicted octanol–water partition coefficient (Wildman–Crippen LogP) is 3.82. The molecule has 0 radical (unpaired) electrons. The van der Waals surface area contributed by atoms with Crippen LogP contribution < -0.4 is 19.8 Å². The van der Waals surface area contributed by atoms with Crippen LogP contribution in [0.5, 0.6) is 17.2 Å². The largest absolute Gasteiger partial charge is 0.493 e. The smallest absolute Gasteiger partial charge is 0.266 e. The van der Waals surface area contributed by atoms with Crippen LogP contribution in [0, 0.1) is 16.7 Å². The Bertz CT molecular complexity index is 998. The monoisotopic (exact) mass is 398 g/mol. The summed E-state index contributed by atoms with van der Waals surface area (Å²) in [6, 6.07) is 7.16. The zero-order valence-electron chi connectivity index (χ0n) is 17.4. The van der Waals surface area contributed by atoms with Gasteiger partial charge >= 0.3 is 0 Å². The summed E-state index contributed by atoms with van der Waals surface area (Å²) < 4.78 is 22.8. The van der Waals surface area contributed by atoms with Gasteiger partial charge in [0.2, 0.25) is 0 Å². The van der Waals surface area contributed by atoms with Crippen molar-refractivity contribution in [2.45, 2.75) is 33.3 Å². The summed E-state index contributed by atoms with van der Waals surface area (Å²) in [4.78, 5) is 15.2. The number of fused-ring (bicyclic) bond motifs is 3. The van der Waals surface area contributed by atoms with Crippen molar-refractivity contribution in [1.29, 1.82) is 5.26 Å². The first-order valence-electron chi connectivity index (χ1n) is 9.48. The van der Waals surface area contributed by atoms with Gasteiger partial charge in [0.05, 0.1) is 19.4 Å². The van der Waals surface area contributed by atoms with Gasteiger partial charge in [0.15, 0.2) is 11.5 Å². The first-order chi connectivity index (χ1) is 13.8. The van der Waals surface area contributed by atoms with Crippen LogP contribution in [0.15, 0.2) is 23.0 Å². The maximum Gasteiger partial charge on any atom is 0.266 e. The maximum atomic E-state index is 12.3. The number of methoxy groups -OCH3 is 2. The van der Waals surface area contributed by atoms with E-state index in [1.54, 1.807) is 32.4 Å². The lowest BCUT2D eigenvalue weighted by Gasteiger charge is -2.37. The molecule has 7 nitrogen and oxygen atoms in total. The van der Waals surface area contributed by atoms with Crippen LogP contribution in [-0.4, -0.2) is 32.4 Å². The molecule has 3 rings (SSSR count). The average molecular weight is 398 g/mol. The molecule has 1 N–H and O–H groups in total. The lowest BCUT2D eigenvalue weighted by atomic mass is 9.81. The highest BCUT2D eigenvalue weighted by Crippen LogP contribution is 2.50. The van der Waals surface area contributed by atoms with Crippen molar-refractivity contribution in [2.75, 3.05) is 27.4 Å². The van der Waals surface area contributed by atoms with Crippen LogP contribution in [0.2, 0.25) is 0 Å². The van der Waals surface area contributed by atoms with E-state index >= 15 is 0 Å². The summed E-state index contributed by atoms with van der Waals surface area (Å²) in [7, 11) is 3.21. The summed E-state index contributed by atoms with van der Waals surface area (Å²) >= 11 is 0. The molecule has 1 aliphatic rings. The molecule has 0 amide bonds. The standard InChI is InChI=1S/C22H26N2O5/c1-22(2,3)20-15-9-13(12-23)21(25)24-19(15)14-10-17(27-5)18(11-16(14)29-20)28-8-6-7-26-4/h9-11,20H,6-8H2,1-5H3,(H,24,25)/t20-/m0/s1. The number of rotatable bonds is 6. The highest BCUT2D eigenvalue weighted by atomic mass is 16.5. The second kappa shape index (κ2) is 8.18. The molecule has 0 spiro atoms. The lowest BCUT2D eigenvalue weighted by molar-refractivity contribution is 0.0834. The van der Waals surface area contributed by atoms with E-state index in [-0.39, 0.29) is 17.1 Å². The molecule has 1 atom stereocenters. The van der Waals surface area contributed by atoms with Crippen LogP contribution in [0.25, 0.3) is 11.3 Å². The fourth-order valence-electron chi connectivity index (χ4n) is 3.38. The summed E-state index contributed by atoms with van der Waals surface area (Å²) in [6.45, 7) is 7.23. The quantitative estimate of drug-likeness (QED) is 0.744. The van der Waals surface area contributed by atoms with Gasteiger partial charge in [-0.25, -0.2) is 0 Å². The highest BCUT2D eigenvalue weighted by Gasteiger charge is 2.36. The molecular weight excluding hydrogens is 372 g/mol. The van der Waals surface area contributed by atoms with E-state index in [9.17, 15) is 10.1 Å². The maximum absolute atomic E-state index is 12.3. The number of hydrogen-bond acceptors (Lipinski definition) is 6. The number of nitriles is 1. The van der Waals surface area contributed by atoms with E-state index in [2.05, 4.69) is 25.8 Å². The summed E-state index contributed by atoms with van der Waals surface area (Å²) in [5.41, 5.74) is 1.48. The molecule has 1 aromatic carbocycles. The van der Waals surface area contributed by atoms with Crippen molar-refractivity contribution in [3.63, 3.8) is 0 Å². The van der Waals surface area contributed by atoms with E-state index in [0.717, 1.165) is 12.0 Å². The minimum atomic E-state index is -0.425. The fourth-order valence-corrected chi connectivity index (χ4v) is 3.38. The van der Waals surface area contributed by atoms with Crippen LogP contribution >= 0.6 is 0 Å². The van der Waals surface area contributed by atoms with Crippen LogP contribution in [-0.2, 0) is 4.74 Å². The Labute approximate surface area is 170 Å². The third-order valence-electron chi connectivity index (χ3n) is 4.79. The van der Waals surface area contributed by atoms with E-state index in [4.69, 9.17) is 18.9 Å². The molecular formula is C22H26N2O5. The van der Waals surface area contributed by atoms with Gasteiger partial charge in [0.1, 0.15) is 23.5 Å². The third kappa shape index (κ3) is 4.08. The van der Waals surface area contributed by atoms with Gasteiger partial charge in [-0.2, -0.15) is 5.26 Å². The molecule has 0 saturated carbocycles. The molecule has 154 valence electrons. The van der Waals surface area contributed by atoms with E-state index < -0.39 is 5.56 Å². The van der Waals surface area contributed by atoms with Crippen molar-refractivity contribution in [2.24, 2.45) is 5.41 Å². The van der Waals surface area contributed by atoms with Crippen LogP contribution in [0.1, 0.15) is 44.4 Å². The van der Waals surface area contributed by atoms with Gasteiger partial charge in [-0.15, -0.1) is 0 Å². The molecule has 0 fully saturated rings. The summed E-state index contributed by atoms with van der Waals surface area (Å²) in [5.74, 6) is 1.70. The Balaban J connectivity index is 2.13. The van der Waals surface area contributed by atoms with Gasteiger partial charge in [-0.05, 0) is 12.1 Å². The van der Waals surface area contributed by atoms with Crippen LogP contribution in [0.3, 0.4) is 0 Å². The Kier molecular flexibility index (Phi) is 5.85. The van der Waals surface area contributed by atoms with Crippen molar-refractivity contribution in [1.82, 2.24) is 4.98 Å². The Morgan fingerprint density at radius 2 is 1.93 bits per heavy atom. The SMILES string of the molecule is COCCCOc1cc2c(cc1OC)-c1[nH]c(=O)c(C#N)cc1[C@@H](C(C)(C)C)O2. The van der Waals surface area contributed by atoms with Crippen molar-refractivity contribution >= 4 is 0 Å². The molecule has 29 heavy (non-hydrogen) atoms. The molecule has 1 aromatic heterocycles. The van der Waals surface area contributed by atoms with Gasteiger partial charge in [0, 0.05) is 42.7 Å². The summed E-state index contributed by atoms with van der Waals surface area (Å²) in [5, 5.41) is 9.29. The normalized spacial score (nSPS) is 15.0. The minimum Gasteiger partial charge on any atom is -0.493 e. The molecule has 1 aliphatic heterocycles. The number of nitrogens with one attached hydrogen (secondary N) is 1. The van der Waals surface area contributed by atoms with E-state index in [1.807, 2.05) is 6.07 Å². The third-order valence-corrected chi connectivity index (χ3v) is 4.79. The predicted molar refractivity (Wildman–Crippen MR) is 109 cm³/mol. The Morgan fingerprint density at radius 1 is 1.17 bits per heavy atom. The lowest BCUT2D eigenvalue weighted by Crippen LogP contribution is -2.29. The number of pyridine rings is 1. The van der Waals surface area contributed by atoms with Gasteiger partial charge < -0.3 is 23.9 Å². The van der Waals surface area contributed by atoms with Crippen LogP contribution in [0.4, 0.5) is 0 Å². The minimum absolute atomic E-state index is 0.0649. The first kappa shape index (κ1) is 20.7. The highest BCUT2D eigenvalue weighted by molar-refractivity contribution is 5.76. The molecule has 2 heterocycles. The molecule has 0 unspecified atom stereocenters. The molecule has 0 aliphatic carbocycles.